The van der Waals surface area contributed by atoms with Crippen LogP contribution in [-0.2, 0) is 9.59 Å². The number of carbonyl (C=O) groups is 2. The van der Waals surface area contributed by atoms with Gasteiger partial charge in [-0.1, -0.05) is 24.3 Å². The number of likely N-dealkylation sites (N-methyl/N-ethyl adjacent to an activating group) is 1. The van der Waals surface area contributed by atoms with Crippen LogP contribution in [0.3, 0.4) is 0 Å². The highest BCUT2D eigenvalue weighted by molar-refractivity contribution is 7.98. The molecule has 0 fully saturated rings. The van der Waals surface area contributed by atoms with Gasteiger partial charge in [0.25, 0.3) is 0 Å². The number of anilines is 1. The van der Waals surface area contributed by atoms with Crippen molar-refractivity contribution in [3.8, 4) is 11.5 Å². The van der Waals surface area contributed by atoms with Crippen molar-refractivity contribution in [2.75, 3.05) is 44.9 Å². The molecule has 1 heterocycles. The van der Waals surface area contributed by atoms with Gasteiger partial charge in [-0.05, 0) is 37.6 Å². The molecule has 1 aliphatic rings. The molecular weight excluding hydrogens is 390 g/mol. The molecule has 8 heteroatoms. The number of hydrogen-bond donors (Lipinski definition) is 2. The summed E-state index contributed by atoms with van der Waals surface area (Å²) in [5.41, 5.74) is 0.776. The fourth-order valence-electron chi connectivity index (χ4n) is 2.93. The number of nitrogens with one attached hydrogen (secondary N) is 2. The quantitative estimate of drug-likeness (QED) is 0.644. The van der Waals surface area contributed by atoms with E-state index >= 15 is 0 Å². The van der Waals surface area contributed by atoms with Gasteiger partial charge in [-0.25, -0.2) is 0 Å². The highest BCUT2D eigenvalue weighted by atomic mass is 32.2. The Balaban J connectivity index is 1.39. The van der Waals surface area contributed by atoms with Gasteiger partial charge in [0.15, 0.2) is 11.5 Å². The van der Waals surface area contributed by atoms with Crippen molar-refractivity contribution in [3.05, 3.63) is 48.5 Å². The number of hydrogen-bond acceptors (Lipinski definition) is 6. The Morgan fingerprint density at radius 2 is 1.76 bits per heavy atom. The zero-order chi connectivity index (χ0) is 20.6. The number of amides is 2. The Morgan fingerprint density at radius 3 is 2.55 bits per heavy atom. The van der Waals surface area contributed by atoms with Gasteiger partial charge in [0.1, 0.15) is 12.7 Å². The third kappa shape index (κ3) is 6.13. The van der Waals surface area contributed by atoms with Gasteiger partial charge in [0.05, 0.1) is 25.3 Å². The van der Waals surface area contributed by atoms with Crippen molar-refractivity contribution < 1.29 is 19.1 Å². The monoisotopic (exact) mass is 415 g/mol. The van der Waals surface area contributed by atoms with Gasteiger partial charge < -0.3 is 20.1 Å². The highest BCUT2D eigenvalue weighted by Gasteiger charge is 2.21. The first kappa shape index (κ1) is 21.0. The van der Waals surface area contributed by atoms with E-state index < -0.39 is 0 Å². The number of carbonyl (C=O) groups excluding carboxylic acids is 2. The lowest BCUT2D eigenvalue weighted by molar-refractivity contribution is -0.123. The number of thioether (sulfide) groups is 1. The predicted molar refractivity (Wildman–Crippen MR) is 114 cm³/mol. The van der Waals surface area contributed by atoms with Crippen molar-refractivity contribution in [1.82, 2.24) is 10.2 Å². The molecule has 0 bridgehead atoms. The van der Waals surface area contributed by atoms with E-state index in [1.807, 2.05) is 54.8 Å². The molecule has 0 saturated heterocycles. The highest BCUT2D eigenvalue weighted by Crippen LogP contribution is 2.30. The van der Waals surface area contributed by atoms with Crippen molar-refractivity contribution in [2.24, 2.45) is 0 Å². The van der Waals surface area contributed by atoms with E-state index in [2.05, 4.69) is 10.6 Å². The van der Waals surface area contributed by atoms with Crippen molar-refractivity contribution in [3.63, 3.8) is 0 Å². The topological polar surface area (TPSA) is 79.9 Å². The first-order valence-corrected chi connectivity index (χ1v) is 10.5. The van der Waals surface area contributed by atoms with E-state index in [1.54, 1.807) is 23.7 Å². The van der Waals surface area contributed by atoms with Crippen molar-refractivity contribution in [1.29, 1.82) is 0 Å². The summed E-state index contributed by atoms with van der Waals surface area (Å²) in [5.74, 6) is 1.05. The van der Waals surface area contributed by atoms with Crippen molar-refractivity contribution >= 4 is 29.3 Å². The maximum absolute atomic E-state index is 12.3. The molecule has 29 heavy (non-hydrogen) atoms. The number of nitrogens with zero attached hydrogens (tertiary/aromatic N) is 1. The summed E-state index contributed by atoms with van der Waals surface area (Å²) >= 11 is 1.57. The summed E-state index contributed by atoms with van der Waals surface area (Å²) in [6.45, 7) is 0.951. The van der Waals surface area contributed by atoms with Crippen LogP contribution in [-0.4, -0.2) is 62.4 Å². The smallest absolute Gasteiger partial charge is 0.238 e. The zero-order valence-electron chi connectivity index (χ0n) is 16.5. The van der Waals surface area contributed by atoms with Crippen LogP contribution in [0.4, 0.5) is 5.69 Å². The maximum Gasteiger partial charge on any atom is 0.238 e. The molecular formula is C21H25N3O4S. The predicted octanol–water partition coefficient (Wildman–Crippen LogP) is 2.23. The SMILES string of the molecule is CSc1ccccc1NC(=O)CN(C)CC(=O)NC[C@@H]1COc2ccccc2O1. The summed E-state index contributed by atoms with van der Waals surface area (Å²) in [7, 11) is 1.73. The first-order valence-electron chi connectivity index (χ1n) is 9.31. The average molecular weight is 416 g/mol. The summed E-state index contributed by atoms with van der Waals surface area (Å²) in [6, 6.07) is 15.1. The molecule has 1 atom stereocenters. The molecule has 0 spiro atoms. The Morgan fingerprint density at radius 1 is 1.07 bits per heavy atom. The molecule has 1 aliphatic heterocycles. The van der Waals surface area contributed by atoms with Crippen LogP contribution in [0.2, 0.25) is 0 Å². The number of benzene rings is 2. The van der Waals surface area contributed by atoms with E-state index in [0.29, 0.717) is 24.7 Å². The van der Waals surface area contributed by atoms with Gasteiger partial charge in [0, 0.05) is 4.90 Å². The third-order valence-electron chi connectivity index (χ3n) is 4.30. The molecule has 2 aromatic rings. The normalized spacial score (nSPS) is 15.1. The standard InChI is InChI=1S/C21H25N3O4S/c1-24(13-21(26)23-16-7-3-6-10-19(16)29-2)12-20(25)22-11-15-14-27-17-8-4-5-9-18(17)28-15/h3-10,15H,11-14H2,1-2H3,(H,22,25)(H,23,26)/t15-/m1/s1. The van der Waals surface area contributed by atoms with Crippen LogP contribution in [0.1, 0.15) is 0 Å². The molecule has 2 amide bonds. The first-order chi connectivity index (χ1) is 14.0. The van der Waals surface area contributed by atoms with E-state index in [9.17, 15) is 9.59 Å². The summed E-state index contributed by atoms with van der Waals surface area (Å²) in [5, 5.41) is 5.72. The minimum Gasteiger partial charge on any atom is -0.486 e. The Bertz CT molecular complexity index is 861. The second kappa shape index (κ2) is 10.2. The minimum atomic E-state index is -0.245. The number of fused-ring (bicyclic) bond motifs is 1. The molecule has 3 rings (SSSR count). The van der Waals surface area contributed by atoms with Gasteiger partial charge >= 0.3 is 0 Å². The van der Waals surface area contributed by atoms with Gasteiger partial charge in [-0.2, -0.15) is 0 Å². The fraction of sp³-hybridized carbons (Fsp3) is 0.333. The van der Waals surface area contributed by atoms with Crippen LogP contribution >= 0.6 is 11.8 Å². The molecule has 0 unspecified atom stereocenters. The van der Waals surface area contributed by atoms with Gasteiger partial charge in [-0.3, -0.25) is 14.5 Å². The largest absolute Gasteiger partial charge is 0.486 e. The average Bonchev–Trinajstić information content (AvgIpc) is 2.72. The van der Waals surface area contributed by atoms with E-state index in [4.69, 9.17) is 9.47 Å². The molecule has 154 valence electrons. The molecule has 0 aromatic heterocycles. The van der Waals surface area contributed by atoms with E-state index in [0.717, 1.165) is 10.6 Å². The Labute approximate surface area is 174 Å². The molecule has 0 aliphatic carbocycles. The second-order valence-electron chi connectivity index (χ2n) is 6.72. The molecule has 7 nitrogen and oxygen atoms in total. The van der Waals surface area contributed by atoms with Gasteiger partial charge in [-0.15, -0.1) is 11.8 Å². The van der Waals surface area contributed by atoms with Crippen LogP contribution in [0.15, 0.2) is 53.4 Å². The molecule has 0 saturated carbocycles. The van der Waals surface area contributed by atoms with Crippen LogP contribution in [0.25, 0.3) is 0 Å². The van der Waals surface area contributed by atoms with Crippen LogP contribution in [0, 0.1) is 0 Å². The summed E-state index contributed by atoms with van der Waals surface area (Å²) < 4.78 is 11.5. The lowest BCUT2D eigenvalue weighted by atomic mass is 10.2. The Kier molecular flexibility index (Phi) is 7.37. The zero-order valence-corrected chi connectivity index (χ0v) is 17.3. The van der Waals surface area contributed by atoms with Gasteiger partial charge in [0.2, 0.25) is 11.8 Å². The minimum absolute atomic E-state index is 0.113. The maximum atomic E-state index is 12.3. The van der Waals surface area contributed by atoms with Crippen molar-refractivity contribution in [2.45, 2.75) is 11.0 Å². The number of para-hydroxylation sites is 3. The third-order valence-corrected chi connectivity index (χ3v) is 5.10. The summed E-state index contributed by atoms with van der Waals surface area (Å²) in [6.07, 6.45) is 1.71. The molecule has 2 aromatic carbocycles. The summed E-state index contributed by atoms with van der Waals surface area (Å²) in [4.78, 5) is 27.1. The number of rotatable bonds is 8. The van der Waals surface area contributed by atoms with Crippen LogP contribution in [0.5, 0.6) is 11.5 Å². The lowest BCUT2D eigenvalue weighted by Crippen LogP contribution is -2.44. The molecule has 0 radical (unpaired) electrons. The van der Waals surface area contributed by atoms with E-state index in [-0.39, 0.29) is 31.0 Å². The molecule has 2 N–H and O–H groups in total. The van der Waals surface area contributed by atoms with Crippen LogP contribution < -0.4 is 20.1 Å². The fourth-order valence-corrected chi connectivity index (χ4v) is 3.48. The second-order valence-corrected chi connectivity index (χ2v) is 7.57. The Hall–Kier alpha value is -2.71. The van der Waals surface area contributed by atoms with E-state index in [1.165, 1.54) is 0 Å². The lowest BCUT2D eigenvalue weighted by Gasteiger charge is -2.26. The number of ether oxygens (including phenoxy) is 2.